The maximum absolute atomic E-state index is 13.6. The second-order valence-electron chi connectivity index (χ2n) is 8.68. The van der Waals surface area contributed by atoms with Crippen molar-refractivity contribution in [2.75, 3.05) is 6.61 Å². The number of hydrogen-bond acceptors (Lipinski definition) is 5. The first-order chi connectivity index (χ1) is 17.5. The lowest BCUT2D eigenvalue weighted by atomic mass is 10.00. The van der Waals surface area contributed by atoms with Crippen molar-refractivity contribution >= 4 is 22.9 Å². The van der Waals surface area contributed by atoms with Crippen LogP contribution in [0.3, 0.4) is 0 Å². The molecule has 1 atom stereocenters. The highest BCUT2D eigenvalue weighted by atomic mass is 19.1. The number of carboxylic acids is 1. The van der Waals surface area contributed by atoms with Crippen LogP contribution in [0.4, 0.5) is 4.39 Å². The minimum absolute atomic E-state index is 0.0346. The lowest BCUT2D eigenvalue weighted by molar-refractivity contribution is -0.137. The predicted molar refractivity (Wildman–Crippen MR) is 132 cm³/mol. The van der Waals surface area contributed by atoms with Crippen molar-refractivity contribution < 1.29 is 23.8 Å². The molecule has 0 bridgehead atoms. The molecule has 1 aliphatic heterocycles. The SMILES string of the molecule is O=C(O)CCCc1nc2cc(C(=O)NC3CCOc4cc(F)ccc43)ccc2nc1-c1ccccc1. The number of nitrogens with zero attached hydrogens (tertiary/aromatic N) is 2. The molecule has 2 N–H and O–H groups in total. The fourth-order valence-electron chi connectivity index (χ4n) is 4.40. The van der Waals surface area contributed by atoms with Gasteiger partial charge in [-0.1, -0.05) is 36.4 Å². The van der Waals surface area contributed by atoms with Crippen LogP contribution in [0.15, 0.2) is 66.7 Å². The van der Waals surface area contributed by atoms with E-state index in [-0.39, 0.29) is 24.2 Å². The molecule has 5 rings (SSSR count). The van der Waals surface area contributed by atoms with Crippen molar-refractivity contribution in [3.63, 3.8) is 0 Å². The van der Waals surface area contributed by atoms with Gasteiger partial charge in [-0.15, -0.1) is 0 Å². The van der Waals surface area contributed by atoms with E-state index in [0.717, 1.165) is 11.1 Å². The van der Waals surface area contributed by atoms with Gasteiger partial charge in [0.2, 0.25) is 0 Å². The average Bonchev–Trinajstić information content (AvgIpc) is 2.88. The molecular weight excluding hydrogens is 461 g/mol. The fraction of sp³-hybridized carbons (Fsp3) is 0.214. The van der Waals surface area contributed by atoms with E-state index in [1.807, 2.05) is 30.3 Å². The van der Waals surface area contributed by atoms with Gasteiger partial charge >= 0.3 is 5.97 Å². The number of hydrogen-bond donors (Lipinski definition) is 2. The Morgan fingerprint density at radius 3 is 2.67 bits per heavy atom. The summed E-state index contributed by atoms with van der Waals surface area (Å²) < 4.78 is 19.1. The van der Waals surface area contributed by atoms with Crippen LogP contribution in [-0.2, 0) is 11.2 Å². The molecule has 4 aromatic rings. The van der Waals surface area contributed by atoms with Gasteiger partial charge in [0, 0.05) is 35.6 Å². The Hall–Kier alpha value is -4.33. The molecule has 8 heteroatoms. The summed E-state index contributed by atoms with van der Waals surface area (Å²) in [7, 11) is 0. The van der Waals surface area contributed by atoms with Crippen LogP contribution in [0, 0.1) is 5.82 Å². The number of nitrogens with one attached hydrogen (secondary N) is 1. The van der Waals surface area contributed by atoms with Crippen LogP contribution in [0.1, 0.15) is 46.9 Å². The van der Waals surface area contributed by atoms with E-state index in [1.54, 1.807) is 24.3 Å². The third-order valence-electron chi connectivity index (χ3n) is 6.17. The summed E-state index contributed by atoms with van der Waals surface area (Å²) in [5, 5.41) is 12.1. The summed E-state index contributed by atoms with van der Waals surface area (Å²) >= 11 is 0. The van der Waals surface area contributed by atoms with Gasteiger partial charge in [-0.2, -0.15) is 0 Å². The zero-order valence-electron chi connectivity index (χ0n) is 19.4. The van der Waals surface area contributed by atoms with Gasteiger partial charge in [0.1, 0.15) is 11.6 Å². The van der Waals surface area contributed by atoms with Crippen molar-refractivity contribution in [3.05, 3.63) is 89.4 Å². The van der Waals surface area contributed by atoms with Crippen molar-refractivity contribution in [2.24, 2.45) is 0 Å². The minimum atomic E-state index is -0.860. The standard InChI is InChI=1S/C28H24FN3O4/c29-19-10-11-20-21(13-14-36-25(20)16-19)32-28(35)18-9-12-22-24(15-18)30-23(7-4-8-26(33)34)27(31-22)17-5-2-1-3-6-17/h1-3,5-6,9-12,15-16,21H,4,7-8,13-14H2,(H,32,35)(H,33,34). The number of fused-ring (bicyclic) bond motifs is 2. The summed E-state index contributed by atoms with van der Waals surface area (Å²) in [6.45, 7) is 0.382. The van der Waals surface area contributed by atoms with Crippen LogP contribution >= 0.6 is 0 Å². The van der Waals surface area contributed by atoms with Gasteiger partial charge in [-0.05, 0) is 37.1 Å². The van der Waals surface area contributed by atoms with Crippen LogP contribution in [0.25, 0.3) is 22.3 Å². The summed E-state index contributed by atoms with van der Waals surface area (Å²) in [6, 6.07) is 18.8. The van der Waals surface area contributed by atoms with Crippen molar-refractivity contribution in [3.8, 4) is 17.0 Å². The van der Waals surface area contributed by atoms with E-state index in [9.17, 15) is 14.0 Å². The normalized spacial score (nSPS) is 14.6. The number of halogens is 1. The molecule has 0 spiro atoms. The third-order valence-corrected chi connectivity index (χ3v) is 6.17. The molecule has 1 amide bonds. The largest absolute Gasteiger partial charge is 0.493 e. The quantitative estimate of drug-likeness (QED) is 0.378. The molecule has 1 aliphatic rings. The second kappa shape index (κ2) is 10.1. The zero-order valence-corrected chi connectivity index (χ0v) is 19.4. The Morgan fingerprint density at radius 1 is 1.03 bits per heavy atom. The van der Waals surface area contributed by atoms with Crippen molar-refractivity contribution in [1.82, 2.24) is 15.3 Å². The smallest absolute Gasteiger partial charge is 0.303 e. The molecule has 0 saturated carbocycles. The van der Waals surface area contributed by atoms with Gasteiger partial charge in [-0.3, -0.25) is 9.59 Å². The van der Waals surface area contributed by atoms with Crippen LogP contribution in [0.2, 0.25) is 0 Å². The Labute approximate surface area is 207 Å². The average molecular weight is 486 g/mol. The molecule has 0 fully saturated rings. The highest BCUT2D eigenvalue weighted by Gasteiger charge is 2.24. The van der Waals surface area contributed by atoms with Gasteiger partial charge in [-0.25, -0.2) is 14.4 Å². The van der Waals surface area contributed by atoms with E-state index in [0.29, 0.717) is 59.6 Å². The maximum atomic E-state index is 13.6. The number of ether oxygens (including phenoxy) is 1. The van der Waals surface area contributed by atoms with Crippen molar-refractivity contribution in [1.29, 1.82) is 0 Å². The first-order valence-electron chi connectivity index (χ1n) is 11.8. The molecule has 0 saturated heterocycles. The van der Waals surface area contributed by atoms with Crippen molar-refractivity contribution in [2.45, 2.75) is 31.7 Å². The Bertz CT molecular complexity index is 1440. The molecule has 2 heterocycles. The number of aryl methyl sites for hydroxylation is 1. The summed E-state index contributed by atoms with van der Waals surface area (Å²) in [5.74, 6) is -1.08. The summed E-state index contributed by atoms with van der Waals surface area (Å²) in [6.07, 6.45) is 1.49. The molecule has 1 aromatic heterocycles. The predicted octanol–water partition coefficient (Wildman–Crippen LogP) is 5.10. The Balaban J connectivity index is 1.44. The number of carboxylic acid groups (broad SMARTS) is 1. The molecular formula is C28H24FN3O4. The third kappa shape index (κ3) is 5.02. The van der Waals surface area contributed by atoms with Gasteiger partial charge in [0.05, 0.1) is 35.1 Å². The number of carbonyl (C=O) groups is 2. The van der Waals surface area contributed by atoms with Gasteiger partial charge in [0.25, 0.3) is 5.91 Å². The Morgan fingerprint density at radius 2 is 1.86 bits per heavy atom. The molecule has 0 radical (unpaired) electrons. The fourth-order valence-corrected chi connectivity index (χ4v) is 4.40. The molecule has 1 unspecified atom stereocenters. The number of carbonyl (C=O) groups excluding carboxylic acids is 1. The molecule has 3 aromatic carbocycles. The zero-order chi connectivity index (χ0) is 25.1. The summed E-state index contributed by atoms with van der Waals surface area (Å²) in [4.78, 5) is 33.7. The van der Waals surface area contributed by atoms with Crippen LogP contribution < -0.4 is 10.1 Å². The number of benzene rings is 3. The molecule has 182 valence electrons. The first kappa shape index (κ1) is 23.4. The number of aromatic nitrogens is 2. The monoisotopic (exact) mass is 485 g/mol. The van der Waals surface area contributed by atoms with Crippen LogP contribution in [0.5, 0.6) is 5.75 Å². The van der Waals surface area contributed by atoms with E-state index < -0.39 is 5.97 Å². The van der Waals surface area contributed by atoms with E-state index >= 15 is 0 Å². The summed E-state index contributed by atoms with van der Waals surface area (Å²) in [5.41, 5.74) is 4.65. The van der Waals surface area contributed by atoms with E-state index in [2.05, 4.69) is 5.32 Å². The first-order valence-corrected chi connectivity index (χ1v) is 11.8. The van der Waals surface area contributed by atoms with E-state index in [1.165, 1.54) is 12.1 Å². The van der Waals surface area contributed by atoms with E-state index in [4.69, 9.17) is 19.8 Å². The van der Waals surface area contributed by atoms with Gasteiger partial charge < -0.3 is 15.2 Å². The molecule has 7 nitrogen and oxygen atoms in total. The molecule has 36 heavy (non-hydrogen) atoms. The number of aliphatic carboxylic acids is 1. The Kier molecular flexibility index (Phi) is 6.58. The number of amides is 1. The molecule has 0 aliphatic carbocycles. The highest BCUT2D eigenvalue weighted by molar-refractivity contribution is 5.97. The lowest BCUT2D eigenvalue weighted by Crippen LogP contribution is -2.32. The highest BCUT2D eigenvalue weighted by Crippen LogP contribution is 2.33. The van der Waals surface area contributed by atoms with Gasteiger partial charge in [0.15, 0.2) is 0 Å². The maximum Gasteiger partial charge on any atom is 0.303 e. The topological polar surface area (TPSA) is 101 Å². The minimum Gasteiger partial charge on any atom is -0.493 e. The van der Waals surface area contributed by atoms with Crippen LogP contribution in [-0.4, -0.2) is 33.6 Å². The lowest BCUT2D eigenvalue weighted by Gasteiger charge is -2.26. The second-order valence-corrected chi connectivity index (χ2v) is 8.68. The number of rotatable bonds is 7.